The molecule has 2 aliphatic heterocycles. The van der Waals surface area contributed by atoms with E-state index in [0.29, 0.717) is 56.6 Å². The first-order valence-electron chi connectivity index (χ1n) is 11.5. The highest BCUT2D eigenvalue weighted by Crippen LogP contribution is 2.41. The summed E-state index contributed by atoms with van der Waals surface area (Å²) in [6.45, 7) is 4.33. The number of nitrogens with two attached hydrogens (primary N) is 1. The molecule has 184 valence electrons. The van der Waals surface area contributed by atoms with Crippen molar-refractivity contribution in [1.29, 1.82) is 0 Å². The fourth-order valence-electron chi connectivity index (χ4n) is 4.35. The van der Waals surface area contributed by atoms with Gasteiger partial charge in [-0.25, -0.2) is 19.7 Å². The lowest BCUT2D eigenvalue weighted by molar-refractivity contribution is -0.119. The molecule has 0 unspecified atom stereocenters. The number of carbonyl (C=O) groups excluding carboxylic acids is 2. The minimum absolute atomic E-state index is 0.0965. The molecular weight excluding hydrogens is 472 g/mol. The van der Waals surface area contributed by atoms with Crippen molar-refractivity contribution < 1.29 is 23.8 Å². The van der Waals surface area contributed by atoms with Crippen molar-refractivity contribution in [2.75, 3.05) is 32.2 Å². The molecule has 1 aromatic carbocycles. The minimum Gasteiger partial charge on any atom is -0.462 e. The molecule has 3 aromatic rings. The summed E-state index contributed by atoms with van der Waals surface area (Å²) in [4.78, 5) is 39.5. The quantitative estimate of drug-likeness (QED) is 0.365. The number of likely N-dealkylation sites (tertiary alicyclic amines) is 1. The van der Waals surface area contributed by atoms with Crippen molar-refractivity contribution in [1.82, 2.24) is 24.4 Å². The molecule has 1 fully saturated rings. The Morgan fingerprint density at radius 2 is 2.03 bits per heavy atom. The normalized spacial score (nSPS) is 15.5. The van der Waals surface area contributed by atoms with Gasteiger partial charge in [0.15, 0.2) is 33.6 Å². The van der Waals surface area contributed by atoms with Gasteiger partial charge in [-0.15, -0.1) is 0 Å². The lowest BCUT2D eigenvalue weighted by Crippen LogP contribution is -2.32. The maximum Gasteiger partial charge on any atom is 0.339 e. The van der Waals surface area contributed by atoms with E-state index in [9.17, 15) is 9.59 Å². The van der Waals surface area contributed by atoms with Crippen LogP contribution in [-0.4, -0.2) is 63.3 Å². The van der Waals surface area contributed by atoms with Crippen molar-refractivity contribution in [2.24, 2.45) is 5.92 Å². The summed E-state index contributed by atoms with van der Waals surface area (Å²) in [5, 5.41) is 0.641. The Morgan fingerprint density at radius 1 is 1.26 bits per heavy atom. The largest absolute Gasteiger partial charge is 0.462 e. The number of piperidine rings is 1. The Hall–Kier alpha value is -3.54. The van der Waals surface area contributed by atoms with Gasteiger partial charge in [-0.2, -0.15) is 0 Å². The predicted molar refractivity (Wildman–Crippen MR) is 127 cm³/mol. The zero-order chi connectivity index (χ0) is 24.4. The van der Waals surface area contributed by atoms with Crippen LogP contribution in [0.15, 0.2) is 28.5 Å². The number of nitrogen functional groups attached to an aromatic ring is 1. The maximum absolute atomic E-state index is 12.7. The summed E-state index contributed by atoms with van der Waals surface area (Å²) in [6, 6.07) is 3.41. The average molecular weight is 499 g/mol. The van der Waals surface area contributed by atoms with Gasteiger partial charge < -0.3 is 29.4 Å². The number of aromatic nitrogens is 4. The number of aryl methyl sites for hydroxylation is 1. The number of fused-ring (bicyclic) bond motifs is 2. The molecule has 0 spiro atoms. The zero-order valence-electron chi connectivity index (χ0n) is 19.3. The van der Waals surface area contributed by atoms with Gasteiger partial charge in [0.1, 0.15) is 6.33 Å². The zero-order valence-corrected chi connectivity index (χ0v) is 20.1. The third kappa shape index (κ3) is 4.70. The summed E-state index contributed by atoms with van der Waals surface area (Å²) in [7, 11) is 0. The Balaban J connectivity index is 1.47. The molecule has 2 N–H and O–H groups in total. The molecule has 0 bridgehead atoms. The van der Waals surface area contributed by atoms with Gasteiger partial charge in [0.25, 0.3) is 0 Å². The number of ether oxygens (including phenoxy) is 3. The molecule has 4 heterocycles. The molecule has 11 nitrogen and oxygen atoms in total. The lowest BCUT2D eigenvalue weighted by atomic mass is 9.94. The number of imidazole rings is 1. The number of nitrogens with zero attached hydrogens (tertiary/aromatic N) is 5. The molecule has 35 heavy (non-hydrogen) atoms. The number of esters is 1. The van der Waals surface area contributed by atoms with E-state index < -0.39 is 5.97 Å². The second-order valence-electron chi connectivity index (χ2n) is 8.37. The van der Waals surface area contributed by atoms with Gasteiger partial charge in [0.05, 0.1) is 12.2 Å². The van der Waals surface area contributed by atoms with Crippen LogP contribution in [0.1, 0.15) is 36.5 Å². The van der Waals surface area contributed by atoms with Crippen molar-refractivity contribution in [3.63, 3.8) is 0 Å². The standard InChI is InChI=1S/C23H26N6O5S/c1-2-32-22(31)15-9-16-17(34-13-33-16)10-18(15)35-23-27-19-20(24)25-11-26-21(19)29(23)8-5-14-3-6-28(12-30)7-4-14/h9-12,14H,2-8,13H2,1H3,(H2,24,25,26). The third-order valence-corrected chi connectivity index (χ3v) is 7.31. The molecular formula is C23H26N6O5S. The Morgan fingerprint density at radius 3 is 2.77 bits per heavy atom. The lowest BCUT2D eigenvalue weighted by Gasteiger charge is -2.29. The molecule has 0 atom stereocenters. The highest BCUT2D eigenvalue weighted by molar-refractivity contribution is 7.99. The van der Waals surface area contributed by atoms with E-state index in [-0.39, 0.29) is 13.4 Å². The highest BCUT2D eigenvalue weighted by atomic mass is 32.2. The number of amides is 1. The molecule has 5 rings (SSSR count). The number of carbonyl (C=O) groups is 2. The number of benzene rings is 1. The molecule has 12 heteroatoms. The fourth-order valence-corrected chi connectivity index (χ4v) is 5.39. The van der Waals surface area contributed by atoms with Crippen molar-refractivity contribution >= 4 is 41.1 Å². The second-order valence-corrected chi connectivity index (χ2v) is 9.38. The van der Waals surface area contributed by atoms with Gasteiger partial charge in [-0.3, -0.25) is 4.79 Å². The number of hydrogen-bond acceptors (Lipinski definition) is 10. The first-order chi connectivity index (χ1) is 17.1. The van der Waals surface area contributed by atoms with Gasteiger partial charge in [0.2, 0.25) is 13.2 Å². The first-order valence-corrected chi connectivity index (χ1v) is 12.3. The summed E-state index contributed by atoms with van der Waals surface area (Å²) in [6.07, 6.45) is 5.17. The van der Waals surface area contributed by atoms with Gasteiger partial charge >= 0.3 is 5.97 Å². The molecule has 0 radical (unpaired) electrons. The summed E-state index contributed by atoms with van der Waals surface area (Å²) < 4.78 is 18.3. The highest BCUT2D eigenvalue weighted by Gasteiger charge is 2.25. The van der Waals surface area contributed by atoms with Gasteiger partial charge in [-0.05, 0) is 44.2 Å². The van der Waals surface area contributed by atoms with Gasteiger partial charge in [0, 0.05) is 24.5 Å². The first kappa shape index (κ1) is 23.2. The van der Waals surface area contributed by atoms with Crippen LogP contribution in [0.3, 0.4) is 0 Å². The third-order valence-electron chi connectivity index (χ3n) is 6.26. The van der Waals surface area contributed by atoms with Gasteiger partial charge in [-0.1, -0.05) is 11.8 Å². The number of rotatable bonds is 8. The van der Waals surface area contributed by atoms with Crippen LogP contribution < -0.4 is 15.2 Å². The van der Waals surface area contributed by atoms with E-state index in [1.807, 2.05) is 9.47 Å². The van der Waals surface area contributed by atoms with Crippen molar-refractivity contribution in [3.05, 3.63) is 24.0 Å². The number of anilines is 1. The fraction of sp³-hybridized carbons (Fsp3) is 0.435. The topological polar surface area (TPSA) is 135 Å². The summed E-state index contributed by atoms with van der Waals surface area (Å²) >= 11 is 1.32. The molecule has 1 saturated heterocycles. The van der Waals surface area contributed by atoms with E-state index >= 15 is 0 Å². The number of hydrogen-bond donors (Lipinski definition) is 1. The molecule has 2 aliphatic rings. The van der Waals surface area contributed by atoms with Crippen LogP contribution in [0.4, 0.5) is 5.82 Å². The van der Waals surface area contributed by atoms with E-state index in [2.05, 4.69) is 9.97 Å². The summed E-state index contributed by atoms with van der Waals surface area (Å²) in [5.74, 6) is 1.40. The average Bonchev–Trinajstić information content (AvgIpc) is 3.47. The van der Waals surface area contributed by atoms with E-state index in [4.69, 9.17) is 24.9 Å². The van der Waals surface area contributed by atoms with Crippen LogP contribution in [0.5, 0.6) is 11.5 Å². The van der Waals surface area contributed by atoms with Crippen LogP contribution >= 0.6 is 11.8 Å². The second kappa shape index (κ2) is 9.98. The molecule has 2 aromatic heterocycles. The SMILES string of the molecule is CCOC(=O)c1cc2c(cc1Sc1nc3c(N)ncnc3n1CCC1CCN(C=O)CC1)OCO2. The van der Waals surface area contributed by atoms with Crippen LogP contribution in [0.25, 0.3) is 11.2 Å². The monoisotopic (exact) mass is 498 g/mol. The van der Waals surface area contributed by atoms with E-state index in [1.54, 1.807) is 19.1 Å². The smallest absolute Gasteiger partial charge is 0.339 e. The Kier molecular flexibility index (Phi) is 6.62. The van der Waals surface area contributed by atoms with Crippen molar-refractivity contribution in [3.8, 4) is 11.5 Å². The maximum atomic E-state index is 12.7. The Bertz CT molecular complexity index is 1260. The van der Waals surface area contributed by atoms with Crippen LogP contribution in [-0.2, 0) is 16.1 Å². The Labute approximate surface area is 206 Å². The predicted octanol–water partition coefficient (Wildman–Crippen LogP) is 2.72. The van der Waals surface area contributed by atoms with E-state index in [1.165, 1.54) is 18.1 Å². The summed E-state index contributed by atoms with van der Waals surface area (Å²) in [5.41, 5.74) is 7.64. The van der Waals surface area contributed by atoms with Crippen molar-refractivity contribution in [2.45, 2.75) is 42.8 Å². The van der Waals surface area contributed by atoms with E-state index in [0.717, 1.165) is 38.8 Å². The molecule has 0 saturated carbocycles. The van der Waals surface area contributed by atoms with Crippen LogP contribution in [0.2, 0.25) is 0 Å². The minimum atomic E-state index is -0.447. The van der Waals surface area contributed by atoms with Crippen LogP contribution in [0, 0.1) is 5.92 Å². The molecule has 1 amide bonds. The molecule has 0 aliphatic carbocycles.